The van der Waals surface area contributed by atoms with E-state index < -0.39 is 18.0 Å². The number of benzene rings is 1. The summed E-state index contributed by atoms with van der Waals surface area (Å²) in [6.07, 6.45) is 0. The molecule has 0 unspecified atom stereocenters. The highest BCUT2D eigenvalue weighted by Gasteiger charge is 2.32. The van der Waals surface area contributed by atoms with E-state index >= 15 is 0 Å². The van der Waals surface area contributed by atoms with Crippen molar-refractivity contribution in [1.29, 1.82) is 0 Å². The first-order chi connectivity index (χ1) is 12.0. The molecule has 2 amide bonds. The minimum atomic E-state index is -0.719. The van der Waals surface area contributed by atoms with Crippen LogP contribution in [0.25, 0.3) is 0 Å². The van der Waals surface area contributed by atoms with Gasteiger partial charge in [-0.15, -0.1) is 0 Å². The van der Waals surface area contributed by atoms with Crippen LogP contribution < -0.4 is 15.4 Å². The Labute approximate surface area is 145 Å². The molecule has 0 radical (unpaired) electrons. The number of esters is 1. The highest BCUT2D eigenvalue weighted by atomic mass is 16.6. The minimum absolute atomic E-state index is 0.0178. The number of methoxy groups -OCH3 is 1. The molecule has 0 fully saturated rings. The highest BCUT2D eigenvalue weighted by Crippen LogP contribution is 2.33. The zero-order valence-corrected chi connectivity index (χ0v) is 14.4. The number of carbonyl (C=O) groups excluding carboxylic acids is 2. The first-order valence-electron chi connectivity index (χ1n) is 7.88. The van der Waals surface area contributed by atoms with Gasteiger partial charge < -0.3 is 30.0 Å². The molecule has 1 heterocycles. The smallest absolute Gasteiger partial charge is 0.338 e. The summed E-state index contributed by atoms with van der Waals surface area (Å²) < 4.78 is 15.4. The van der Waals surface area contributed by atoms with Crippen LogP contribution in [0.5, 0.6) is 11.5 Å². The van der Waals surface area contributed by atoms with Crippen LogP contribution >= 0.6 is 0 Å². The van der Waals surface area contributed by atoms with E-state index in [-0.39, 0.29) is 30.3 Å². The molecule has 0 saturated carbocycles. The van der Waals surface area contributed by atoms with E-state index in [9.17, 15) is 14.7 Å². The van der Waals surface area contributed by atoms with Crippen molar-refractivity contribution in [3.63, 3.8) is 0 Å². The first kappa shape index (κ1) is 18.6. The molecule has 8 nitrogen and oxygen atoms in total. The molecule has 0 aromatic heterocycles. The molecule has 1 atom stereocenters. The highest BCUT2D eigenvalue weighted by molar-refractivity contribution is 5.95. The predicted octanol–water partition coefficient (Wildman–Crippen LogP) is 1.61. The Morgan fingerprint density at radius 3 is 2.76 bits per heavy atom. The third-order valence-electron chi connectivity index (χ3n) is 3.63. The largest absolute Gasteiger partial charge is 0.504 e. The molecule has 3 N–H and O–H groups in total. The second-order valence-electron chi connectivity index (χ2n) is 5.36. The Balaban J connectivity index is 2.35. The Kier molecular flexibility index (Phi) is 6.24. The van der Waals surface area contributed by atoms with Gasteiger partial charge in [0.15, 0.2) is 11.5 Å². The quantitative estimate of drug-likeness (QED) is 0.509. The average molecular weight is 350 g/mol. The van der Waals surface area contributed by atoms with Crippen LogP contribution in [0.1, 0.15) is 25.5 Å². The van der Waals surface area contributed by atoms with Crippen molar-refractivity contribution >= 4 is 12.0 Å². The van der Waals surface area contributed by atoms with Gasteiger partial charge >= 0.3 is 12.0 Å². The van der Waals surface area contributed by atoms with Gasteiger partial charge in [-0.1, -0.05) is 6.07 Å². The number of ether oxygens (including phenoxy) is 3. The number of aromatic hydroxyl groups is 1. The zero-order valence-electron chi connectivity index (χ0n) is 14.4. The molecule has 1 aromatic carbocycles. The summed E-state index contributed by atoms with van der Waals surface area (Å²) in [6.45, 7) is 4.17. The molecule has 0 spiro atoms. The minimum Gasteiger partial charge on any atom is -0.504 e. The number of phenolic OH excluding ortho intramolecular Hbond substituents is 1. The molecular formula is C17H22N2O6. The number of amides is 2. The summed E-state index contributed by atoms with van der Waals surface area (Å²) in [7, 11) is 1.51. The van der Waals surface area contributed by atoms with Crippen molar-refractivity contribution in [3.8, 4) is 11.5 Å². The lowest BCUT2D eigenvalue weighted by Gasteiger charge is -2.28. The Morgan fingerprint density at radius 2 is 2.08 bits per heavy atom. The van der Waals surface area contributed by atoms with Crippen LogP contribution in [0, 0.1) is 0 Å². The zero-order chi connectivity index (χ0) is 18.4. The molecule has 1 aromatic rings. The Morgan fingerprint density at radius 1 is 1.32 bits per heavy atom. The maximum Gasteiger partial charge on any atom is 0.338 e. The lowest BCUT2D eigenvalue weighted by atomic mass is 9.95. The van der Waals surface area contributed by atoms with E-state index in [1.165, 1.54) is 13.2 Å². The van der Waals surface area contributed by atoms with Crippen molar-refractivity contribution in [2.45, 2.75) is 19.9 Å². The van der Waals surface area contributed by atoms with Gasteiger partial charge in [0.05, 0.1) is 24.8 Å². The van der Waals surface area contributed by atoms with Gasteiger partial charge in [0, 0.05) is 12.8 Å². The molecule has 136 valence electrons. The van der Waals surface area contributed by atoms with Gasteiger partial charge in [0.25, 0.3) is 0 Å². The van der Waals surface area contributed by atoms with Crippen LogP contribution in [0.15, 0.2) is 29.5 Å². The van der Waals surface area contributed by atoms with Gasteiger partial charge in [-0.3, -0.25) is 0 Å². The lowest BCUT2D eigenvalue weighted by molar-refractivity contribution is -0.140. The van der Waals surface area contributed by atoms with Crippen molar-refractivity contribution < 1.29 is 28.9 Å². The molecule has 1 aliphatic rings. The van der Waals surface area contributed by atoms with E-state index in [2.05, 4.69) is 10.6 Å². The number of hydrogen-bond donors (Lipinski definition) is 3. The van der Waals surface area contributed by atoms with Crippen LogP contribution in [0.3, 0.4) is 0 Å². The fourth-order valence-electron chi connectivity index (χ4n) is 2.49. The lowest BCUT2D eigenvalue weighted by Crippen LogP contribution is -2.45. The number of nitrogens with one attached hydrogen (secondary N) is 2. The van der Waals surface area contributed by atoms with Crippen molar-refractivity contribution in [1.82, 2.24) is 10.6 Å². The number of urea groups is 1. The second-order valence-corrected chi connectivity index (χ2v) is 5.36. The Hall–Kier alpha value is -2.74. The van der Waals surface area contributed by atoms with E-state index in [4.69, 9.17) is 14.2 Å². The summed E-state index contributed by atoms with van der Waals surface area (Å²) in [6, 6.07) is 3.51. The van der Waals surface area contributed by atoms with Gasteiger partial charge in [-0.25, -0.2) is 9.59 Å². The summed E-state index contributed by atoms with van der Waals surface area (Å²) >= 11 is 0. The molecular weight excluding hydrogens is 328 g/mol. The molecule has 2 rings (SSSR count). The second kappa shape index (κ2) is 8.39. The molecule has 0 bridgehead atoms. The topological polar surface area (TPSA) is 106 Å². The van der Waals surface area contributed by atoms with Crippen molar-refractivity contribution in [3.05, 3.63) is 35.0 Å². The average Bonchev–Trinajstić information content (AvgIpc) is 2.56. The van der Waals surface area contributed by atoms with Crippen molar-refractivity contribution in [2.75, 3.05) is 26.9 Å². The maximum atomic E-state index is 12.4. The number of rotatable bonds is 7. The molecule has 1 aliphatic heterocycles. The van der Waals surface area contributed by atoms with Crippen molar-refractivity contribution in [2.24, 2.45) is 0 Å². The van der Waals surface area contributed by atoms with E-state index in [0.29, 0.717) is 17.9 Å². The van der Waals surface area contributed by atoms with Gasteiger partial charge in [0.2, 0.25) is 0 Å². The first-order valence-corrected chi connectivity index (χ1v) is 7.88. The van der Waals surface area contributed by atoms with Crippen LogP contribution in [-0.4, -0.2) is 44.0 Å². The number of phenols is 1. The monoisotopic (exact) mass is 350 g/mol. The Bertz CT molecular complexity index is 686. The number of allylic oxidation sites excluding steroid dienone is 1. The van der Waals surface area contributed by atoms with Crippen LogP contribution in [-0.2, 0) is 14.3 Å². The SMILES string of the molecule is CCOc1cc([C@H]2NC(=O)NC(C)=C2C(=O)OCCOC)ccc1O. The summed E-state index contributed by atoms with van der Waals surface area (Å²) in [4.78, 5) is 24.3. The normalized spacial score (nSPS) is 16.9. The molecule has 25 heavy (non-hydrogen) atoms. The standard InChI is InChI=1S/C17H22N2O6/c1-4-24-13-9-11(5-6-12(13)20)15-14(10(2)18-17(22)19-15)16(21)25-8-7-23-3/h5-6,9,15,20H,4,7-8H2,1-3H3,(H2,18,19,22)/t15-/m1/s1. The number of hydrogen-bond acceptors (Lipinski definition) is 6. The fourth-order valence-corrected chi connectivity index (χ4v) is 2.49. The number of carbonyl (C=O) groups is 2. The fraction of sp³-hybridized carbons (Fsp3) is 0.412. The maximum absolute atomic E-state index is 12.4. The van der Waals surface area contributed by atoms with Crippen LogP contribution in [0.2, 0.25) is 0 Å². The van der Waals surface area contributed by atoms with Gasteiger partial charge in [-0.2, -0.15) is 0 Å². The van der Waals surface area contributed by atoms with E-state index in [0.717, 1.165) is 0 Å². The van der Waals surface area contributed by atoms with E-state index in [1.807, 2.05) is 0 Å². The molecule has 0 saturated heterocycles. The van der Waals surface area contributed by atoms with E-state index in [1.54, 1.807) is 26.0 Å². The summed E-state index contributed by atoms with van der Waals surface area (Å²) in [5.41, 5.74) is 1.28. The van der Waals surface area contributed by atoms with Crippen LogP contribution in [0.4, 0.5) is 4.79 Å². The van der Waals surface area contributed by atoms with Gasteiger partial charge in [0.1, 0.15) is 6.61 Å². The van der Waals surface area contributed by atoms with Gasteiger partial charge in [-0.05, 0) is 31.5 Å². The molecule has 8 heteroatoms. The third kappa shape index (κ3) is 4.42. The summed E-state index contributed by atoms with van der Waals surface area (Å²) in [5, 5.41) is 15.1. The predicted molar refractivity (Wildman–Crippen MR) is 89.2 cm³/mol. The molecule has 0 aliphatic carbocycles. The third-order valence-corrected chi connectivity index (χ3v) is 3.63. The summed E-state index contributed by atoms with van der Waals surface area (Å²) in [5.74, 6) is -0.300.